The Morgan fingerprint density at radius 1 is 0.844 bits per heavy atom. The second-order valence-corrected chi connectivity index (χ2v) is 7.23. The first-order valence-electron chi connectivity index (χ1n) is 10.3. The number of ether oxygens (including phenoxy) is 1. The molecular weight excluding hydrogens is 400 g/mol. The fraction of sp³-hybridized carbons (Fsp3) is 0.0385. The number of benzene rings is 4. The predicted molar refractivity (Wildman–Crippen MR) is 125 cm³/mol. The molecule has 5 rings (SSSR count). The van der Waals surface area contributed by atoms with Crippen molar-refractivity contribution in [1.82, 2.24) is 15.2 Å². The first kappa shape index (κ1) is 19.5. The highest BCUT2D eigenvalue weighted by atomic mass is 16.5. The minimum atomic E-state index is -0.256. The van der Waals surface area contributed by atoms with Crippen LogP contribution in [0.1, 0.15) is 0 Å². The van der Waals surface area contributed by atoms with Gasteiger partial charge in [-0.15, -0.1) is 0 Å². The monoisotopic (exact) mass is 420 g/mol. The molecule has 156 valence electrons. The van der Waals surface area contributed by atoms with Gasteiger partial charge in [-0.3, -0.25) is 9.89 Å². The van der Waals surface area contributed by atoms with E-state index in [-0.39, 0.29) is 12.5 Å². The lowest BCUT2D eigenvalue weighted by atomic mass is 10.1. The van der Waals surface area contributed by atoms with Crippen molar-refractivity contribution >= 4 is 22.4 Å². The zero-order valence-corrected chi connectivity index (χ0v) is 17.2. The molecule has 0 spiro atoms. The van der Waals surface area contributed by atoms with Crippen molar-refractivity contribution in [2.24, 2.45) is 0 Å². The summed E-state index contributed by atoms with van der Waals surface area (Å²) in [6, 6.07) is 30.9. The fourth-order valence-electron chi connectivity index (χ4n) is 3.55. The predicted octanol–water partition coefficient (Wildman–Crippen LogP) is 5.31. The maximum atomic E-state index is 12.6. The molecule has 0 saturated heterocycles. The third kappa shape index (κ3) is 4.06. The minimum absolute atomic E-state index is 0.103. The highest BCUT2D eigenvalue weighted by Gasteiger charge is 2.13. The second kappa shape index (κ2) is 8.73. The molecule has 0 fully saturated rings. The zero-order chi connectivity index (χ0) is 21.8. The molecule has 0 radical (unpaired) electrons. The number of carbonyl (C=O) groups is 1. The number of H-pyrrole nitrogens is 1. The number of para-hydroxylation sites is 1. The van der Waals surface area contributed by atoms with Crippen LogP contribution in [0.25, 0.3) is 33.5 Å². The van der Waals surface area contributed by atoms with Crippen molar-refractivity contribution < 1.29 is 9.53 Å². The number of carbonyl (C=O) groups excluding carboxylic acids is 1. The lowest BCUT2D eigenvalue weighted by Gasteiger charge is -2.11. The molecule has 2 N–H and O–H groups in total. The summed E-state index contributed by atoms with van der Waals surface area (Å²) >= 11 is 0. The number of hydrogen-bond donors (Lipinski definition) is 2. The van der Waals surface area contributed by atoms with Gasteiger partial charge in [0.2, 0.25) is 0 Å². The molecule has 0 saturated carbocycles. The summed E-state index contributed by atoms with van der Waals surface area (Å²) in [4.78, 5) is 17.2. The van der Waals surface area contributed by atoms with Gasteiger partial charge in [0, 0.05) is 16.5 Å². The molecule has 0 aliphatic rings. The van der Waals surface area contributed by atoms with E-state index in [0.29, 0.717) is 23.1 Å². The van der Waals surface area contributed by atoms with Gasteiger partial charge in [-0.1, -0.05) is 78.9 Å². The third-order valence-corrected chi connectivity index (χ3v) is 5.08. The SMILES string of the molecule is O=C(COc1cccc2ccccc12)Nc1ccccc1-c1nc(-c2ccccc2)n[nH]1. The van der Waals surface area contributed by atoms with Crippen LogP contribution in [0.15, 0.2) is 97.1 Å². The first-order chi connectivity index (χ1) is 15.8. The quantitative estimate of drug-likeness (QED) is 0.390. The fourth-order valence-corrected chi connectivity index (χ4v) is 3.55. The lowest BCUT2D eigenvalue weighted by Crippen LogP contribution is -2.20. The molecule has 6 nitrogen and oxygen atoms in total. The Kier molecular flexibility index (Phi) is 5.32. The van der Waals surface area contributed by atoms with Gasteiger partial charge in [0.1, 0.15) is 5.75 Å². The van der Waals surface area contributed by atoms with Crippen molar-refractivity contribution in [2.75, 3.05) is 11.9 Å². The number of nitrogens with zero attached hydrogens (tertiary/aromatic N) is 2. The standard InChI is InChI=1S/C26H20N4O2/c31-24(17-32-23-16-8-12-18-9-4-5-13-20(18)23)27-22-15-7-6-14-21(22)26-28-25(29-30-26)19-10-2-1-3-11-19/h1-16H,17H2,(H,27,31)(H,28,29,30). The number of rotatable bonds is 6. The molecule has 0 atom stereocenters. The summed E-state index contributed by atoms with van der Waals surface area (Å²) < 4.78 is 5.81. The van der Waals surface area contributed by atoms with E-state index in [1.54, 1.807) is 0 Å². The van der Waals surface area contributed by atoms with Crippen molar-refractivity contribution in [2.45, 2.75) is 0 Å². The van der Waals surface area contributed by atoms with Crippen LogP contribution in [0.5, 0.6) is 5.75 Å². The summed E-state index contributed by atoms with van der Waals surface area (Å²) in [7, 11) is 0. The summed E-state index contributed by atoms with van der Waals surface area (Å²) in [5.74, 6) is 1.60. The van der Waals surface area contributed by atoms with E-state index in [2.05, 4.69) is 20.5 Å². The molecule has 1 aromatic heterocycles. The molecule has 6 heteroatoms. The number of nitrogens with one attached hydrogen (secondary N) is 2. The smallest absolute Gasteiger partial charge is 0.262 e. The number of aromatic amines is 1. The van der Waals surface area contributed by atoms with E-state index >= 15 is 0 Å². The van der Waals surface area contributed by atoms with E-state index in [1.165, 1.54) is 0 Å². The largest absolute Gasteiger partial charge is 0.483 e. The van der Waals surface area contributed by atoms with Crippen molar-refractivity contribution in [3.8, 4) is 28.5 Å². The molecule has 1 amide bonds. The van der Waals surface area contributed by atoms with Crippen LogP contribution in [0.2, 0.25) is 0 Å². The first-order valence-corrected chi connectivity index (χ1v) is 10.3. The van der Waals surface area contributed by atoms with Gasteiger partial charge in [0.25, 0.3) is 5.91 Å². The normalized spacial score (nSPS) is 10.8. The van der Waals surface area contributed by atoms with Crippen LogP contribution in [0.4, 0.5) is 5.69 Å². The Morgan fingerprint density at radius 3 is 2.50 bits per heavy atom. The summed E-state index contributed by atoms with van der Waals surface area (Å²) in [6.07, 6.45) is 0. The van der Waals surface area contributed by atoms with Crippen LogP contribution in [-0.2, 0) is 4.79 Å². The zero-order valence-electron chi connectivity index (χ0n) is 17.2. The van der Waals surface area contributed by atoms with Gasteiger partial charge >= 0.3 is 0 Å². The summed E-state index contributed by atoms with van der Waals surface area (Å²) in [6.45, 7) is -0.103. The average molecular weight is 420 g/mol. The van der Waals surface area contributed by atoms with Gasteiger partial charge in [-0.2, -0.15) is 5.10 Å². The highest BCUT2D eigenvalue weighted by Crippen LogP contribution is 2.27. The average Bonchev–Trinajstić information content (AvgIpc) is 3.34. The molecular formula is C26H20N4O2. The van der Waals surface area contributed by atoms with Gasteiger partial charge in [-0.25, -0.2) is 4.98 Å². The number of hydrogen-bond acceptors (Lipinski definition) is 4. The lowest BCUT2D eigenvalue weighted by molar-refractivity contribution is -0.118. The van der Waals surface area contributed by atoms with Gasteiger partial charge in [0.15, 0.2) is 18.3 Å². The number of fused-ring (bicyclic) bond motifs is 1. The molecule has 0 bridgehead atoms. The Balaban J connectivity index is 1.32. The van der Waals surface area contributed by atoms with Crippen molar-refractivity contribution in [3.63, 3.8) is 0 Å². The Labute approximate surface area is 184 Å². The van der Waals surface area contributed by atoms with E-state index < -0.39 is 0 Å². The molecule has 32 heavy (non-hydrogen) atoms. The molecule has 0 aliphatic carbocycles. The minimum Gasteiger partial charge on any atom is -0.483 e. The molecule has 5 aromatic rings. The van der Waals surface area contributed by atoms with Crippen LogP contribution < -0.4 is 10.1 Å². The Hall–Kier alpha value is -4.45. The Morgan fingerprint density at radius 2 is 1.59 bits per heavy atom. The topological polar surface area (TPSA) is 79.9 Å². The third-order valence-electron chi connectivity index (χ3n) is 5.08. The van der Waals surface area contributed by atoms with Crippen LogP contribution in [0.3, 0.4) is 0 Å². The van der Waals surface area contributed by atoms with Gasteiger partial charge in [0.05, 0.1) is 5.69 Å². The molecule has 4 aromatic carbocycles. The maximum Gasteiger partial charge on any atom is 0.262 e. The summed E-state index contributed by atoms with van der Waals surface area (Å²) in [5, 5.41) is 12.2. The van der Waals surface area contributed by atoms with Crippen LogP contribution >= 0.6 is 0 Å². The second-order valence-electron chi connectivity index (χ2n) is 7.23. The van der Waals surface area contributed by atoms with Crippen molar-refractivity contribution in [1.29, 1.82) is 0 Å². The summed E-state index contributed by atoms with van der Waals surface area (Å²) in [5.41, 5.74) is 2.30. The van der Waals surface area contributed by atoms with Crippen LogP contribution in [-0.4, -0.2) is 27.7 Å². The number of amides is 1. The van der Waals surface area contributed by atoms with E-state index in [0.717, 1.165) is 21.9 Å². The molecule has 1 heterocycles. The van der Waals surface area contributed by atoms with E-state index in [1.807, 2.05) is 97.1 Å². The maximum absolute atomic E-state index is 12.6. The highest BCUT2D eigenvalue weighted by molar-refractivity contribution is 5.96. The van der Waals surface area contributed by atoms with Gasteiger partial charge in [-0.05, 0) is 23.6 Å². The molecule has 0 aliphatic heterocycles. The van der Waals surface area contributed by atoms with Gasteiger partial charge < -0.3 is 10.1 Å². The number of anilines is 1. The Bertz CT molecular complexity index is 1370. The van der Waals surface area contributed by atoms with Crippen molar-refractivity contribution in [3.05, 3.63) is 97.1 Å². The molecule has 0 unspecified atom stereocenters. The number of aromatic nitrogens is 3. The van der Waals surface area contributed by atoms with E-state index in [9.17, 15) is 4.79 Å². The van der Waals surface area contributed by atoms with E-state index in [4.69, 9.17) is 4.74 Å². The van der Waals surface area contributed by atoms with Crippen LogP contribution in [0, 0.1) is 0 Å².